The van der Waals surface area contributed by atoms with Crippen LogP contribution in [0.1, 0.15) is 28.9 Å². The second-order valence-electron chi connectivity index (χ2n) is 7.26. The van der Waals surface area contributed by atoms with E-state index in [1.165, 1.54) is 11.8 Å². The monoisotopic (exact) mass is 482 g/mol. The van der Waals surface area contributed by atoms with E-state index in [9.17, 15) is 4.79 Å². The molecule has 0 atom stereocenters. The molecule has 0 unspecified atom stereocenters. The lowest BCUT2D eigenvalue weighted by Crippen LogP contribution is -2.44. The Balaban J connectivity index is 1.34. The molecule has 7 heteroatoms. The van der Waals surface area contributed by atoms with Crippen molar-refractivity contribution < 1.29 is 4.79 Å². The molecule has 0 aliphatic carbocycles. The van der Waals surface area contributed by atoms with E-state index in [1.807, 2.05) is 54.7 Å². The van der Waals surface area contributed by atoms with E-state index in [2.05, 4.69) is 42.2 Å². The number of nitrogens with zero attached hydrogens (tertiary/aromatic N) is 3. The summed E-state index contributed by atoms with van der Waals surface area (Å²) in [6.45, 7) is 2.78. The maximum Gasteiger partial charge on any atom is 0.252 e. The molecule has 154 valence electrons. The third-order valence-electron chi connectivity index (χ3n) is 5.08. The van der Waals surface area contributed by atoms with E-state index in [-0.39, 0.29) is 11.9 Å². The van der Waals surface area contributed by atoms with Crippen LogP contribution >= 0.6 is 27.7 Å². The first-order valence-corrected chi connectivity index (χ1v) is 11.6. The predicted octanol–water partition coefficient (Wildman–Crippen LogP) is 4.78. The smallest absolute Gasteiger partial charge is 0.252 e. The molecule has 30 heavy (non-hydrogen) atoms. The van der Waals surface area contributed by atoms with Crippen LogP contribution in [-0.2, 0) is 6.54 Å². The minimum Gasteiger partial charge on any atom is -0.349 e. The minimum absolute atomic E-state index is 0.0154. The Labute approximate surface area is 189 Å². The van der Waals surface area contributed by atoms with Crippen LogP contribution in [0, 0.1) is 0 Å². The van der Waals surface area contributed by atoms with Crippen molar-refractivity contribution in [2.75, 3.05) is 13.1 Å². The van der Waals surface area contributed by atoms with Gasteiger partial charge in [-0.05, 0) is 65.2 Å². The Morgan fingerprint density at radius 2 is 1.87 bits per heavy atom. The molecular weight excluding hydrogens is 460 g/mol. The molecule has 1 aliphatic rings. The van der Waals surface area contributed by atoms with Crippen molar-refractivity contribution in [1.82, 2.24) is 20.2 Å². The normalized spacial score (nSPS) is 15.1. The fraction of sp³-hybridized carbons (Fsp3) is 0.261. The number of hydrogen-bond donors (Lipinski definition) is 1. The summed E-state index contributed by atoms with van der Waals surface area (Å²) < 4.78 is 0.937. The third kappa shape index (κ3) is 5.68. The van der Waals surface area contributed by atoms with E-state index in [0.29, 0.717) is 5.56 Å². The number of piperidine rings is 1. The largest absolute Gasteiger partial charge is 0.349 e. The zero-order valence-corrected chi connectivity index (χ0v) is 18.9. The lowest BCUT2D eigenvalue weighted by molar-refractivity contribution is 0.0905. The SMILES string of the molecule is O=C(NC1CCN(Cc2ccccn2)CC1)c1ccccc1Sc1ccc(Br)cn1. The van der Waals surface area contributed by atoms with Crippen molar-refractivity contribution in [2.24, 2.45) is 0 Å². The van der Waals surface area contributed by atoms with Gasteiger partial charge in [0.2, 0.25) is 0 Å². The number of aromatic nitrogens is 2. The predicted molar refractivity (Wildman–Crippen MR) is 123 cm³/mol. The van der Waals surface area contributed by atoms with E-state index in [4.69, 9.17) is 0 Å². The quantitative estimate of drug-likeness (QED) is 0.547. The zero-order valence-electron chi connectivity index (χ0n) is 16.5. The standard InChI is InChI=1S/C23H23BrN4OS/c24-17-8-9-22(26-15-17)30-21-7-2-1-6-20(21)23(29)27-18-10-13-28(14-11-18)16-19-5-3-4-12-25-19/h1-9,12,15,18H,10-11,13-14,16H2,(H,27,29). The van der Waals surface area contributed by atoms with Crippen LogP contribution in [0.15, 0.2) is 81.4 Å². The molecule has 0 spiro atoms. The molecule has 3 aromatic rings. The number of carbonyl (C=O) groups is 1. The molecule has 1 saturated heterocycles. The van der Waals surface area contributed by atoms with Gasteiger partial charge in [-0.1, -0.05) is 30.0 Å². The second kappa shape index (κ2) is 10.2. The maximum absolute atomic E-state index is 13.0. The number of nitrogens with one attached hydrogen (secondary N) is 1. The molecule has 1 aromatic carbocycles. The van der Waals surface area contributed by atoms with Crippen LogP contribution in [0.4, 0.5) is 0 Å². The molecule has 1 aliphatic heterocycles. The lowest BCUT2D eigenvalue weighted by Gasteiger charge is -2.32. The maximum atomic E-state index is 13.0. The summed E-state index contributed by atoms with van der Waals surface area (Å²) in [6.07, 6.45) is 5.50. The highest BCUT2D eigenvalue weighted by Gasteiger charge is 2.22. The molecule has 4 rings (SSSR count). The number of amides is 1. The van der Waals surface area contributed by atoms with Crippen molar-refractivity contribution in [3.05, 3.63) is 82.7 Å². The number of rotatable bonds is 6. The summed E-state index contributed by atoms with van der Waals surface area (Å²) in [7, 11) is 0. The van der Waals surface area contributed by atoms with Crippen LogP contribution < -0.4 is 5.32 Å². The van der Waals surface area contributed by atoms with Crippen molar-refractivity contribution in [2.45, 2.75) is 35.3 Å². The van der Waals surface area contributed by atoms with Gasteiger partial charge in [0.15, 0.2) is 0 Å². The molecule has 0 radical (unpaired) electrons. The van der Waals surface area contributed by atoms with Gasteiger partial charge in [-0.15, -0.1) is 0 Å². The Morgan fingerprint density at radius 3 is 2.60 bits per heavy atom. The van der Waals surface area contributed by atoms with Gasteiger partial charge in [-0.25, -0.2) is 4.98 Å². The average Bonchev–Trinajstić information content (AvgIpc) is 2.78. The van der Waals surface area contributed by atoms with E-state index in [0.717, 1.165) is 52.6 Å². The fourth-order valence-corrected chi connectivity index (χ4v) is 4.62. The van der Waals surface area contributed by atoms with Gasteiger partial charge < -0.3 is 5.32 Å². The first-order chi connectivity index (χ1) is 14.7. The average molecular weight is 483 g/mol. The van der Waals surface area contributed by atoms with Crippen LogP contribution in [-0.4, -0.2) is 39.9 Å². The van der Waals surface area contributed by atoms with Gasteiger partial charge in [-0.3, -0.25) is 14.7 Å². The Bertz CT molecular complexity index is 976. The molecule has 2 aromatic heterocycles. The molecule has 3 heterocycles. The highest BCUT2D eigenvalue weighted by Crippen LogP contribution is 2.29. The number of halogens is 1. The van der Waals surface area contributed by atoms with Gasteiger partial charge in [0.1, 0.15) is 5.03 Å². The molecule has 5 nitrogen and oxygen atoms in total. The molecule has 0 bridgehead atoms. The van der Waals surface area contributed by atoms with Crippen LogP contribution in [0.5, 0.6) is 0 Å². The minimum atomic E-state index is -0.0154. The van der Waals surface area contributed by atoms with Crippen molar-refractivity contribution >= 4 is 33.6 Å². The van der Waals surface area contributed by atoms with Crippen molar-refractivity contribution in [3.63, 3.8) is 0 Å². The molecule has 0 saturated carbocycles. The van der Waals surface area contributed by atoms with Gasteiger partial charge >= 0.3 is 0 Å². The van der Waals surface area contributed by atoms with Crippen molar-refractivity contribution in [1.29, 1.82) is 0 Å². The summed E-state index contributed by atoms with van der Waals surface area (Å²) in [5.41, 5.74) is 1.79. The molecule has 1 amide bonds. The zero-order chi connectivity index (χ0) is 20.8. The van der Waals surface area contributed by atoms with Crippen LogP contribution in [0.25, 0.3) is 0 Å². The Kier molecular flexibility index (Phi) is 7.15. The van der Waals surface area contributed by atoms with Crippen LogP contribution in [0.2, 0.25) is 0 Å². The van der Waals surface area contributed by atoms with Crippen LogP contribution in [0.3, 0.4) is 0 Å². The number of hydrogen-bond acceptors (Lipinski definition) is 5. The van der Waals surface area contributed by atoms with Crippen molar-refractivity contribution in [3.8, 4) is 0 Å². The number of benzene rings is 1. The molecule has 1 N–H and O–H groups in total. The Morgan fingerprint density at radius 1 is 1.07 bits per heavy atom. The summed E-state index contributed by atoms with van der Waals surface area (Å²) in [4.78, 5) is 25.1. The first kappa shape index (κ1) is 21.0. The van der Waals surface area contributed by atoms with E-state index >= 15 is 0 Å². The van der Waals surface area contributed by atoms with E-state index in [1.54, 1.807) is 6.20 Å². The Hall–Kier alpha value is -2.22. The van der Waals surface area contributed by atoms with Gasteiger partial charge in [0, 0.05) is 47.4 Å². The summed E-state index contributed by atoms with van der Waals surface area (Å²) in [6, 6.07) is 17.8. The second-order valence-corrected chi connectivity index (χ2v) is 9.24. The van der Waals surface area contributed by atoms with E-state index < -0.39 is 0 Å². The summed E-state index contributed by atoms with van der Waals surface area (Å²) in [5, 5.41) is 4.09. The third-order valence-corrected chi connectivity index (χ3v) is 6.58. The highest BCUT2D eigenvalue weighted by molar-refractivity contribution is 9.10. The topological polar surface area (TPSA) is 58.1 Å². The van der Waals surface area contributed by atoms with Gasteiger partial charge in [0.25, 0.3) is 5.91 Å². The molecular formula is C23H23BrN4OS. The molecule has 1 fully saturated rings. The first-order valence-electron chi connectivity index (χ1n) is 9.99. The highest BCUT2D eigenvalue weighted by atomic mass is 79.9. The van der Waals surface area contributed by atoms with Gasteiger partial charge in [-0.2, -0.15) is 0 Å². The number of likely N-dealkylation sites (tertiary alicyclic amines) is 1. The summed E-state index contributed by atoms with van der Waals surface area (Å²) in [5.74, 6) is -0.0154. The number of pyridine rings is 2. The fourth-order valence-electron chi connectivity index (χ4n) is 3.50. The number of carbonyl (C=O) groups excluding carboxylic acids is 1. The summed E-state index contributed by atoms with van der Waals surface area (Å²) >= 11 is 4.91. The van der Waals surface area contributed by atoms with Gasteiger partial charge in [0.05, 0.1) is 11.3 Å². The lowest BCUT2D eigenvalue weighted by atomic mass is 10.0.